The van der Waals surface area contributed by atoms with Crippen LogP contribution in [-0.4, -0.2) is 34.1 Å². The van der Waals surface area contributed by atoms with Crippen molar-refractivity contribution in [2.24, 2.45) is 5.92 Å². The molecule has 0 saturated carbocycles. The number of aromatic nitrogens is 2. The summed E-state index contributed by atoms with van der Waals surface area (Å²) in [4.78, 5) is 17.7. The van der Waals surface area contributed by atoms with Gasteiger partial charge >= 0.3 is 5.69 Å². The summed E-state index contributed by atoms with van der Waals surface area (Å²) in [6.07, 6.45) is 3.42. The molecule has 1 aromatic heterocycles. The molecular formula is C10H14N4O3. The smallest absolute Gasteiger partial charge is 0.305 e. The Balaban J connectivity index is 1.96. The zero-order valence-electron chi connectivity index (χ0n) is 9.50. The molecule has 2 heterocycles. The van der Waals surface area contributed by atoms with Crippen LogP contribution in [0.15, 0.2) is 12.4 Å². The summed E-state index contributed by atoms with van der Waals surface area (Å²) in [5.41, 5.74) is -0.104. The second-order valence-electron chi connectivity index (χ2n) is 4.08. The SMILES string of the molecule is CC(Nc1ncc([N+](=O)[O-])cn1)C1CCOC1. The molecule has 1 fully saturated rings. The molecule has 1 aliphatic rings. The normalized spacial score (nSPS) is 21.1. The van der Waals surface area contributed by atoms with E-state index in [1.165, 1.54) is 12.4 Å². The summed E-state index contributed by atoms with van der Waals surface area (Å²) >= 11 is 0. The number of hydrogen-bond acceptors (Lipinski definition) is 6. The van der Waals surface area contributed by atoms with E-state index < -0.39 is 4.92 Å². The van der Waals surface area contributed by atoms with Gasteiger partial charge in [-0.3, -0.25) is 10.1 Å². The average Bonchev–Trinajstić information content (AvgIpc) is 2.83. The first kappa shape index (κ1) is 11.7. The van der Waals surface area contributed by atoms with Gasteiger partial charge in [-0.15, -0.1) is 0 Å². The number of ether oxygens (including phenoxy) is 1. The molecule has 1 aromatic rings. The summed E-state index contributed by atoms with van der Waals surface area (Å²) in [6, 6.07) is 0.193. The molecule has 2 rings (SSSR count). The Hall–Kier alpha value is -1.76. The van der Waals surface area contributed by atoms with E-state index in [0.29, 0.717) is 11.9 Å². The van der Waals surface area contributed by atoms with Crippen LogP contribution >= 0.6 is 0 Å². The molecule has 1 N–H and O–H groups in total. The summed E-state index contributed by atoms with van der Waals surface area (Å²) in [7, 11) is 0. The average molecular weight is 238 g/mol. The molecular weight excluding hydrogens is 224 g/mol. The van der Waals surface area contributed by atoms with E-state index >= 15 is 0 Å². The highest BCUT2D eigenvalue weighted by atomic mass is 16.6. The van der Waals surface area contributed by atoms with E-state index in [4.69, 9.17) is 4.74 Å². The third-order valence-corrected chi connectivity index (χ3v) is 2.88. The molecule has 17 heavy (non-hydrogen) atoms. The topological polar surface area (TPSA) is 90.2 Å². The van der Waals surface area contributed by atoms with Gasteiger partial charge in [0.05, 0.1) is 11.5 Å². The molecule has 0 amide bonds. The summed E-state index contributed by atoms with van der Waals surface area (Å²) < 4.78 is 5.30. The highest BCUT2D eigenvalue weighted by molar-refractivity contribution is 5.31. The van der Waals surface area contributed by atoms with Gasteiger partial charge < -0.3 is 10.1 Å². The van der Waals surface area contributed by atoms with Crippen molar-refractivity contribution in [2.75, 3.05) is 18.5 Å². The second-order valence-corrected chi connectivity index (χ2v) is 4.08. The van der Waals surface area contributed by atoms with Gasteiger partial charge in [0.15, 0.2) is 0 Å². The van der Waals surface area contributed by atoms with Gasteiger partial charge in [-0.05, 0) is 13.3 Å². The molecule has 1 aliphatic heterocycles. The first-order valence-electron chi connectivity index (χ1n) is 5.47. The highest BCUT2D eigenvalue weighted by Gasteiger charge is 2.22. The first-order valence-corrected chi connectivity index (χ1v) is 5.47. The second kappa shape index (κ2) is 5.05. The van der Waals surface area contributed by atoms with Crippen LogP contribution in [0.2, 0.25) is 0 Å². The largest absolute Gasteiger partial charge is 0.381 e. The molecule has 2 atom stereocenters. The zero-order valence-corrected chi connectivity index (χ0v) is 9.50. The van der Waals surface area contributed by atoms with E-state index in [1.54, 1.807) is 0 Å². The van der Waals surface area contributed by atoms with Crippen molar-refractivity contribution < 1.29 is 9.66 Å². The van der Waals surface area contributed by atoms with Gasteiger partial charge in [-0.1, -0.05) is 0 Å². The number of anilines is 1. The van der Waals surface area contributed by atoms with Crippen molar-refractivity contribution in [2.45, 2.75) is 19.4 Å². The molecule has 0 bridgehead atoms. The number of nitro groups is 1. The fourth-order valence-corrected chi connectivity index (χ4v) is 1.76. The van der Waals surface area contributed by atoms with Crippen LogP contribution in [0, 0.1) is 16.0 Å². The Labute approximate surface area is 98.4 Å². The predicted molar refractivity (Wildman–Crippen MR) is 60.7 cm³/mol. The minimum absolute atomic E-state index is 0.104. The third-order valence-electron chi connectivity index (χ3n) is 2.88. The van der Waals surface area contributed by atoms with Crippen molar-refractivity contribution in [3.05, 3.63) is 22.5 Å². The van der Waals surface area contributed by atoms with Gasteiger partial charge in [0.2, 0.25) is 5.95 Å². The Morgan fingerprint density at radius 3 is 2.82 bits per heavy atom. The lowest BCUT2D eigenvalue weighted by Crippen LogP contribution is -2.27. The molecule has 0 radical (unpaired) electrons. The van der Waals surface area contributed by atoms with Gasteiger partial charge in [0.25, 0.3) is 0 Å². The van der Waals surface area contributed by atoms with Gasteiger partial charge in [-0.25, -0.2) is 9.97 Å². The standard InChI is InChI=1S/C10H14N4O3/c1-7(8-2-3-17-6-8)13-10-11-4-9(5-12-10)14(15)16/h4-5,7-8H,2-3,6H2,1H3,(H,11,12,13). The van der Waals surface area contributed by atoms with Crippen molar-refractivity contribution in [1.82, 2.24) is 9.97 Å². The molecule has 7 nitrogen and oxygen atoms in total. The summed E-state index contributed by atoms with van der Waals surface area (Å²) in [5, 5.41) is 13.6. The third kappa shape index (κ3) is 2.88. The number of nitrogens with one attached hydrogen (secondary N) is 1. The Kier molecular flexibility index (Phi) is 3.48. The summed E-state index contributed by atoms with van der Waals surface area (Å²) in [6.45, 7) is 3.56. The lowest BCUT2D eigenvalue weighted by atomic mass is 10.0. The Bertz CT molecular complexity index is 389. The van der Waals surface area contributed by atoms with Crippen molar-refractivity contribution in [3.63, 3.8) is 0 Å². The molecule has 7 heteroatoms. The first-order chi connectivity index (χ1) is 8.16. The van der Waals surface area contributed by atoms with Crippen LogP contribution in [0.1, 0.15) is 13.3 Å². The molecule has 0 aliphatic carbocycles. The minimum Gasteiger partial charge on any atom is -0.381 e. The van der Waals surface area contributed by atoms with E-state index in [2.05, 4.69) is 15.3 Å². The van der Waals surface area contributed by atoms with Crippen LogP contribution in [-0.2, 0) is 4.74 Å². The van der Waals surface area contributed by atoms with E-state index in [-0.39, 0.29) is 11.7 Å². The number of nitrogens with zero attached hydrogens (tertiary/aromatic N) is 3. The van der Waals surface area contributed by atoms with Crippen molar-refractivity contribution in [1.29, 1.82) is 0 Å². The molecule has 92 valence electrons. The van der Waals surface area contributed by atoms with Crippen LogP contribution in [0.25, 0.3) is 0 Å². The quantitative estimate of drug-likeness (QED) is 0.626. The molecule has 1 saturated heterocycles. The minimum atomic E-state index is -0.516. The highest BCUT2D eigenvalue weighted by Crippen LogP contribution is 2.19. The number of rotatable bonds is 4. The lowest BCUT2D eigenvalue weighted by Gasteiger charge is -2.18. The monoisotopic (exact) mass is 238 g/mol. The molecule has 2 unspecified atom stereocenters. The lowest BCUT2D eigenvalue weighted by molar-refractivity contribution is -0.385. The maximum atomic E-state index is 10.4. The molecule has 0 spiro atoms. The molecule has 0 aromatic carbocycles. The van der Waals surface area contributed by atoms with Crippen molar-refractivity contribution >= 4 is 11.6 Å². The van der Waals surface area contributed by atoms with Gasteiger partial charge in [-0.2, -0.15) is 0 Å². The Morgan fingerprint density at radius 1 is 1.59 bits per heavy atom. The summed E-state index contributed by atoms with van der Waals surface area (Å²) in [5.74, 6) is 0.851. The van der Waals surface area contributed by atoms with Crippen LogP contribution < -0.4 is 5.32 Å². The predicted octanol–water partition coefficient (Wildman–Crippen LogP) is 1.22. The van der Waals surface area contributed by atoms with Crippen LogP contribution in [0.3, 0.4) is 0 Å². The van der Waals surface area contributed by atoms with E-state index in [9.17, 15) is 10.1 Å². The number of hydrogen-bond donors (Lipinski definition) is 1. The van der Waals surface area contributed by atoms with Gasteiger partial charge in [0, 0.05) is 18.6 Å². The maximum Gasteiger partial charge on any atom is 0.305 e. The van der Waals surface area contributed by atoms with Gasteiger partial charge in [0.1, 0.15) is 12.4 Å². The van der Waals surface area contributed by atoms with Crippen molar-refractivity contribution in [3.8, 4) is 0 Å². The van der Waals surface area contributed by atoms with E-state index in [0.717, 1.165) is 19.6 Å². The van der Waals surface area contributed by atoms with Crippen LogP contribution in [0.5, 0.6) is 0 Å². The zero-order chi connectivity index (χ0) is 12.3. The van der Waals surface area contributed by atoms with E-state index in [1.807, 2.05) is 6.92 Å². The van der Waals surface area contributed by atoms with Crippen LogP contribution in [0.4, 0.5) is 11.6 Å². The fourth-order valence-electron chi connectivity index (χ4n) is 1.76. The fraction of sp³-hybridized carbons (Fsp3) is 0.600. The maximum absolute atomic E-state index is 10.4. The Morgan fingerprint density at radius 2 is 2.29 bits per heavy atom.